The number of aryl methyl sites for hydroxylation is 1. The maximum Gasteiger partial charge on any atom is 0.263 e. The molecule has 2 heterocycles. The van der Waals surface area contributed by atoms with Crippen LogP contribution in [0.5, 0.6) is 5.75 Å². The van der Waals surface area contributed by atoms with Gasteiger partial charge in [-0.15, -0.1) is 0 Å². The van der Waals surface area contributed by atoms with Crippen LogP contribution in [-0.2, 0) is 17.1 Å². The predicted octanol–water partition coefficient (Wildman–Crippen LogP) is 2.20. The molecular weight excluding hydrogens is 430 g/mol. The molecule has 0 bridgehead atoms. The average Bonchev–Trinajstić information content (AvgIpc) is 3.20. The van der Waals surface area contributed by atoms with Gasteiger partial charge in [0.1, 0.15) is 5.75 Å². The largest absolute Gasteiger partial charge is 0.492 e. The molecule has 1 aliphatic rings. The second-order valence-electron chi connectivity index (χ2n) is 7.89. The van der Waals surface area contributed by atoms with Crippen molar-refractivity contribution in [2.75, 3.05) is 51.3 Å². The fourth-order valence-corrected chi connectivity index (χ4v) is 5.33. The number of sulfonamides is 1. The van der Waals surface area contributed by atoms with E-state index in [1.54, 1.807) is 19.0 Å². The molecule has 2 aromatic rings. The topological polar surface area (TPSA) is 88.0 Å². The van der Waals surface area contributed by atoms with Gasteiger partial charge < -0.3 is 14.5 Å². The Hall–Kier alpha value is -2.59. The Balaban J connectivity index is 1.77. The summed E-state index contributed by atoms with van der Waals surface area (Å²) >= 11 is 0. The number of amides is 1. The first-order chi connectivity index (χ1) is 15.3. The van der Waals surface area contributed by atoms with Gasteiger partial charge in [-0.3, -0.25) is 9.48 Å². The Morgan fingerprint density at radius 3 is 2.50 bits per heavy atom. The van der Waals surface area contributed by atoms with Gasteiger partial charge in [0.15, 0.2) is 0 Å². The number of hydrogen-bond acceptors (Lipinski definition) is 6. The van der Waals surface area contributed by atoms with E-state index in [2.05, 4.69) is 10.00 Å². The smallest absolute Gasteiger partial charge is 0.263 e. The SMILES string of the molecule is CCCCN(C)C(=O)c1cn(C)nc1S(=O)(=O)N1CCN(c2ccccc2OCC)CC1. The van der Waals surface area contributed by atoms with E-state index in [1.807, 2.05) is 38.1 Å². The van der Waals surface area contributed by atoms with Gasteiger partial charge in [-0.2, -0.15) is 9.40 Å². The summed E-state index contributed by atoms with van der Waals surface area (Å²) in [5.41, 5.74) is 1.08. The van der Waals surface area contributed by atoms with E-state index < -0.39 is 10.0 Å². The molecule has 1 aromatic carbocycles. The number of unbranched alkanes of at least 4 members (excludes halogenated alkanes) is 1. The Morgan fingerprint density at radius 1 is 1.16 bits per heavy atom. The number of carbonyl (C=O) groups is 1. The van der Waals surface area contributed by atoms with Gasteiger partial charge in [-0.25, -0.2) is 8.42 Å². The molecule has 1 fully saturated rings. The number of hydrogen-bond donors (Lipinski definition) is 0. The molecular formula is C22H33N5O4S. The van der Waals surface area contributed by atoms with Crippen LogP contribution in [0.2, 0.25) is 0 Å². The van der Waals surface area contributed by atoms with Crippen LogP contribution in [0.3, 0.4) is 0 Å². The molecule has 1 aliphatic heterocycles. The fraction of sp³-hybridized carbons (Fsp3) is 0.545. The summed E-state index contributed by atoms with van der Waals surface area (Å²) in [5.74, 6) is 0.466. The molecule has 32 heavy (non-hydrogen) atoms. The normalized spacial score (nSPS) is 15.1. The van der Waals surface area contributed by atoms with Crippen molar-refractivity contribution in [3.8, 4) is 5.75 Å². The van der Waals surface area contributed by atoms with Crippen molar-refractivity contribution in [3.05, 3.63) is 36.0 Å². The first kappa shape index (κ1) is 24.1. The van der Waals surface area contributed by atoms with E-state index in [1.165, 1.54) is 15.2 Å². The lowest BCUT2D eigenvalue weighted by Gasteiger charge is -2.35. The lowest BCUT2D eigenvalue weighted by Crippen LogP contribution is -2.49. The van der Waals surface area contributed by atoms with Gasteiger partial charge in [-0.1, -0.05) is 25.5 Å². The van der Waals surface area contributed by atoms with Crippen LogP contribution in [0.25, 0.3) is 0 Å². The van der Waals surface area contributed by atoms with Crippen LogP contribution in [0.1, 0.15) is 37.0 Å². The highest BCUT2D eigenvalue weighted by atomic mass is 32.2. The zero-order chi connectivity index (χ0) is 23.3. The highest BCUT2D eigenvalue weighted by molar-refractivity contribution is 7.89. The predicted molar refractivity (Wildman–Crippen MR) is 124 cm³/mol. The highest BCUT2D eigenvalue weighted by Crippen LogP contribution is 2.30. The molecule has 9 nitrogen and oxygen atoms in total. The van der Waals surface area contributed by atoms with E-state index >= 15 is 0 Å². The molecule has 0 N–H and O–H groups in total. The molecule has 10 heteroatoms. The number of ether oxygens (including phenoxy) is 1. The van der Waals surface area contributed by atoms with Gasteiger partial charge in [0.2, 0.25) is 5.03 Å². The van der Waals surface area contributed by atoms with Gasteiger partial charge >= 0.3 is 0 Å². The molecule has 0 unspecified atom stereocenters. The molecule has 1 aromatic heterocycles. The lowest BCUT2D eigenvalue weighted by molar-refractivity contribution is 0.0789. The maximum absolute atomic E-state index is 13.4. The van der Waals surface area contributed by atoms with Crippen molar-refractivity contribution < 1.29 is 17.9 Å². The zero-order valence-electron chi connectivity index (χ0n) is 19.3. The minimum atomic E-state index is -3.90. The first-order valence-corrected chi connectivity index (χ1v) is 12.5. The number of carbonyl (C=O) groups excluding carboxylic acids is 1. The Kier molecular flexibility index (Phi) is 7.78. The van der Waals surface area contributed by atoms with Gasteiger partial charge in [0, 0.05) is 53.0 Å². The van der Waals surface area contributed by atoms with E-state index in [-0.39, 0.29) is 16.5 Å². The minimum Gasteiger partial charge on any atom is -0.492 e. The van der Waals surface area contributed by atoms with Gasteiger partial charge in [0.05, 0.1) is 17.9 Å². The van der Waals surface area contributed by atoms with Crippen molar-refractivity contribution in [1.29, 1.82) is 0 Å². The molecule has 176 valence electrons. The van der Waals surface area contributed by atoms with Crippen LogP contribution >= 0.6 is 0 Å². The summed E-state index contributed by atoms with van der Waals surface area (Å²) in [4.78, 5) is 16.6. The molecule has 0 saturated carbocycles. The summed E-state index contributed by atoms with van der Waals surface area (Å²) in [7, 11) is -0.581. The molecule has 0 spiro atoms. The zero-order valence-corrected chi connectivity index (χ0v) is 20.1. The van der Waals surface area contributed by atoms with E-state index in [0.717, 1.165) is 24.3 Å². The summed E-state index contributed by atoms with van der Waals surface area (Å²) in [6, 6.07) is 7.77. The number of benzene rings is 1. The number of piperazine rings is 1. The van der Waals surface area contributed by atoms with Crippen molar-refractivity contribution >= 4 is 21.6 Å². The van der Waals surface area contributed by atoms with Crippen LogP contribution in [0.4, 0.5) is 5.69 Å². The highest BCUT2D eigenvalue weighted by Gasteiger charge is 2.35. The number of rotatable bonds is 9. The monoisotopic (exact) mass is 463 g/mol. The van der Waals surface area contributed by atoms with Gasteiger partial charge in [-0.05, 0) is 25.5 Å². The van der Waals surface area contributed by atoms with Gasteiger partial charge in [0.25, 0.3) is 15.9 Å². The second kappa shape index (κ2) is 10.4. The number of anilines is 1. The van der Waals surface area contributed by atoms with E-state index in [4.69, 9.17) is 4.74 Å². The summed E-state index contributed by atoms with van der Waals surface area (Å²) in [5, 5.41) is 3.99. The minimum absolute atomic E-state index is 0.121. The quantitative estimate of drug-likeness (QED) is 0.567. The van der Waals surface area contributed by atoms with Crippen LogP contribution in [0, 0.1) is 0 Å². The summed E-state index contributed by atoms with van der Waals surface area (Å²) in [6.45, 7) is 6.77. The summed E-state index contributed by atoms with van der Waals surface area (Å²) in [6.07, 6.45) is 3.30. The summed E-state index contributed by atoms with van der Waals surface area (Å²) < 4.78 is 35.3. The van der Waals surface area contributed by atoms with E-state index in [0.29, 0.717) is 39.3 Å². The lowest BCUT2D eigenvalue weighted by atomic mass is 10.2. The van der Waals surface area contributed by atoms with Crippen LogP contribution in [-0.4, -0.2) is 79.7 Å². The van der Waals surface area contributed by atoms with Crippen LogP contribution in [0.15, 0.2) is 35.5 Å². The van der Waals surface area contributed by atoms with Crippen molar-refractivity contribution in [1.82, 2.24) is 19.0 Å². The van der Waals surface area contributed by atoms with E-state index in [9.17, 15) is 13.2 Å². The third-order valence-electron chi connectivity index (χ3n) is 5.55. The fourth-order valence-electron chi connectivity index (χ4n) is 3.80. The number of para-hydroxylation sites is 2. The second-order valence-corrected chi connectivity index (χ2v) is 9.75. The maximum atomic E-state index is 13.4. The molecule has 1 amide bonds. The standard InChI is InChI=1S/C22H33N5O4S/c1-5-7-12-24(3)22(28)18-17-25(4)23-21(18)32(29,30)27-15-13-26(14-16-27)19-10-8-9-11-20(19)31-6-2/h8-11,17H,5-7,12-16H2,1-4H3. The first-order valence-electron chi connectivity index (χ1n) is 11.1. The molecule has 0 radical (unpaired) electrons. The van der Waals surface area contributed by atoms with Crippen molar-refractivity contribution in [3.63, 3.8) is 0 Å². The molecule has 0 aliphatic carbocycles. The Labute approximate surface area is 190 Å². The number of nitrogens with zero attached hydrogens (tertiary/aromatic N) is 5. The Bertz CT molecular complexity index is 1030. The molecule has 1 saturated heterocycles. The Morgan fingerprint density at radius 2 is 1.84 bits per heavy atom. The third-order valence-corrected chi connectivity index (χ3v) is 7.38. The third kappa shape index (κ3) is 5.07. The van der Waals surface area contributed by atoms with Crippen LogP contribution < -0.4 is 9.64 Å². The molecule has 3 rings (SSSR count). The van der Waals surface area contributed by atoms with Crippen molar-refractivity contribution in [2.24, 2.45) is 7.05 Å². The molecule has 0 atom stereocenters. The average molecular weight is 464 g/mol. The number of aromatic nitrogens is 2. The van der Waals surface area contributed by atoms with Crippen molar-refractivity contribution in [2.45, 2.75) is 31.7 Å².